The number of methoxy groups -OCH3 is 3. The standard InChI is InChI=1S/C14H19NO5/c1-18-11-5-4-9(12(19-2)13(11)20-3)6-15-7-10(8-15)14(16)17/h4-5,10H,6-8H2,1-3H3,(H,16,17). The highest BCUT2D eigenvalue weighted by Crippen LogP contribution is 2.40. The van der Waals surface area contributed by atoms with Crippen LogP contribution in [0.3, 0.4) is 0 Å². The van der Waals surface area contributed by atoms with Gasteiger partial charge in [0.15, 0.2) is 11.5 Å². The fraction of sp³-hybridized carbons (Fsp3) is 0.500. The largest absolute Gasteiger partial charge is 0.493 e. The minimum Gasteiger partial charge on any atom is -0.493 e. The van der Waals surface area contributed by atoms with Crippen LogP contribution < -0.4 is 14.2 Å². The molecule has 1 aliphatic rings. The maximum absolute atomic E-state index is 10.8. The van der Waals surface area contributed by atoms with E-state index in [-0.39, 0.29) is 5.92 Å². The average Bonchev–Trinajstić information content (AvgIpc) is 2.40. The third kappa shape index (κ3) is 2.65. The number of ether oxygens (including phenoxy) is 3. The van der Waals surface area contributed by atoms with Gasteiger partial charge in [0.2, 0.25) is 5.75 Å². The maximum Gasteiger partial charge on any atom is 0.309 e. The van der Waals surface area contributed by atoms with Crippen LogP contribution in [-0.2, 0) is 11.3 Å². The molecule has 0 aromatic heterocycles. The number of carbonyl (C=O) groups is 1. The van der Waals surface area contributed by atoms with Gasteiger partial charge in [0.25, 0.3) is 0 Å². The van der Waals surface area contributed by atoms with Gasteiger partial charge in [-0.05, 0) is 6.07 Å². The molecule has 0 bridgehead atoms. The summed E-state index contributed by atoms with van der Waals surface area (Å²) in [5.41, 5.74) is 0.953. The van der Waals surface area contributed by atoms with Crippen molar-refractivity contribution in [3.05, 3.63) is 17.7 Å². The Morgan fingerprint density at radius 2 is 1.85 bits per heavy atom. The van der Waals surface area contributed by atoms with Gasteiger partial charge in [-0.3, -0.25) is 9.69 Å². The summed E-state index contributed by atoms with van der Waals surface area (Å²) in [6, 6.07) is 3.74. The summed E-state index contributed by atoms with van der Waals surface area (Å²) in [6.45, 7) is 1.76. The van der Waals surface area contributed by atoms with E-state index in [1.165, 1.54) is 0 Å². The normalized spacial score (nSPS) is 15.6. The quantitative estimate of drug-likeness (QED) is 0.846. The summed E-state index contributed by atoms with van der Waals surface area (Å²) >= 11 is 0. The van der Waals surface area contributed by atoms with Crippen molar-refractivity contribution < 1.29 is 24.1 Å². The average molecular weight is 281 g/mol. The zero-order valence-electron chi connectivity index (χ0n) is 11.9. The smallest absolute Gasteiger partial charge is 0.309 e. The molecule has 1 fully saturated rings. The van der Waals surface area contributed by atoms with E-state index in [9.17, 15) is 4.79 Å². The van der Waals surface area contributed by atoms with Gasteiger partial charge in [-0.25, -0.2) is 0 Å². The van der Waals surface area contributed by atoms with E-state index in [0.29, 0.717) is 36.9 Å². The second-order valence-corrected chi connectivity index (χ2v) is 4.72. The van der Waals surface area contributed by atoms with Crippen LogP contribution in [0, 0.1) is 5.92 Å². The van der Waals surface area contributed by atoms with Crippen molar-refractivity contribution in [3.8, 4) is 17.2 Å². The van der Waals surface area contributed by atoms with Crippen molar-refractivity contribution >= 4 is 5.97 Å². The summed E-state index contributed by atoms with van der Waals surface area (Å²) in [6.07, 6.45) is 0. The molecule has 6 heteroatoms. The number of rotatable bonds is 6. The molecule has 1 saturated heterocycles. The van der Waals surface area contributed by atoms with Crippen LogP contribution in [0.4, 0.5) is 0 Å². The molecule has 1 heterocycles. The molecule has 1 aliphatic heterocycles. The van der Waals surface area contributed by atoms with E-state index in [1.54, 1.807) is 21.3 Å². The predicted molar refractivity (Wildman–Crippen MR) is 72.5 cm³/mol. The fourth-order valence-electron chi connectivity index (χ4n) is 2.38. The predicted octanol–water partition coefficient (Wildman–Crippen LogP) is 1.23. The van der Waals surface area contributed by atoms with Crippen LogP contribution in [0.15, 0.2) is 12.1 Å². The molecular formula is C14H19NO5. The second kappa shape index (κ2) is 6.00. The lowest BCUT2D eigenvalue weighted by atomic mass is 9.99. The molecule has 1 aromatic carbocycles. The molecule has 0 radical (unpaired) electrons. The molecule has 0 spiro atoms. The molecule has 0 saturated carbocycles. The Hall–Kier alpha value is -1.95. The van der Waals surface area contributed by atoms with Gasteiger partial charge < -0.3 is 19.3 Å². The van der Waals surface area contributed by atoms with Gasteiger partial charge in [0.05, 0.1) is 27.2 Å². The summed E-state index contributed by atoms with van der Waals surface area (Å²) in [5.74, 6) is 0.801. The minimum atomic E-state index is -0.736. The molecule has 6 nitrogen and oxygen atoms in total. The topological polar surface area (TPSA) is 68.2 Å². The first-order valence-electron chi connectivity index (χ1n) is 6.33. The number of carboxylic acids is 1. The number of hydrogen-bond acceptors (Lipinski definition) is 5. The molecular weight excluding hydrogens is 262 g/mol. The van der Waals surface area contributed by atoms with Crippen LogP contribution in [0.1, 0.15) is 5.56 Å². The fourth-order valence-corrected chi connectivity index (χ4v) is 2.38. The van der Waals surface area contributed by atoms with Gasteiger partial charge in [-0.15, -0.1) is 0 Å². The third-order valence-corrected chi connectivity index (χ3v) is 3.49. The third-order valence-electron chi connectivity index (χ3n) is 3.49. The molecule has 0 unspecified atom stereocenters. The Bertz CT molecular complexity index is 497. The highest BCUT2D eigenvalue weighted by molar-refractivity contribution is 5.71. The Morgan fingerprint density at radius 1 is 1.20 bits per heavy atom. The van der Waals surface area contributed by atoms with E-state index in [0.717, 1.165) is 5.56 Å². The monoisotopic (exact) mass is 281 g/mol. The number of aliphatic carboxylic acids is 1. The van der Waals surface area contributed by atoms with Gasteiger partial charge in [0.1, 0.15) is 0 Å². The number of likely N-dealkylation sites (tertiary alicyclic amines) is 1. The first-order valence-corrected chi connectivity index (χ1v) is 6.33. The van der Waals surface area contributed by atoms with E-state index in [2.05, 4.69) is 4.90 Å². The Kier molecular flexibility index (Phi) is 4.34. The number of carboxylic acid groups (broad SMARTS) is 1. The summed E-state index contributed by atoms with van der Waals surface area (Å²) < 4.78 is 16.0. The van der Waals surface area contributed by atoms with Crippen LogP contribution in [0.2, 0.25) is 0 Å². The molecule has 2 rings (SSSR count). The molecule has 0 aliphatic carbocycles. The second-order valence-electron chi connectivity index (χ2n) is 4.72. The number of benzene rings is 1. The zero-order valence-corrected chi connectivity index (χ0v) is 11.9. The molecule has 1 N–H and O–H groups in total. The van der Waals surface area contributed by atoms with Crippen molar-refractivity contribution in [2.75, 3.05) is 34.4 Å². The van der Waals surface area contributed by atoms with E-state index < -0.39 is 5.97 Å². The lowest BCUT2D eigenvalue weighted by Crippen LogP contribution is -2.49. The Balaban J connectivity index is 2.14. The highest BCUT2D eigenvalue weighted by Gasteiger charge is 2.33. The van der Waals surface area contributed by atoms with Gasteiger partial charge in [0, 0.05) is 25.2 Å². The summed E-state index contributed by atoms with van der Waals surface area (Å²) in [5, 5.41) is 8.88. The maximum atomic E-state index is 10.8. The van der Waals surface area contributed by atoms with E-state index in [1.807, 2.05) is 12.1 Å². The van der Waals surface area contributed by atoms with Crippen molar-refractivity contribution in [2.24, 2.45) is 5.92 Å². The zero-order chi connectivity index (χ0) is 14.7. The molecule has 110 valence electrons. The molecule has 1 aromatic rings. The van der Waals surface area contributed by atoms with Crippen molar-refractivity contribution in [1.82, 2.24) is 4.90 Å². The van der Waals surface area contributed by atoms with Crippen LogP contribution in [0.5, 0.6) is 17.2 Å². The van der Waals surface area contributed by atoms with E-state index in [4.69, 9.17) is 19.3 Å². The summed E-state index contributed by atoms with van der Waals surface area (Å²) in [4.78, 5) is 12.9. The highest BCUT2D eigenvalue weighted by atomic mass is 16.5. The van der Waals surface area contributed by atoms with Crippen molar-refractivity contribution in [3.63, 3.8) is 0 Å². The Morgan fingerprint density at radius 3 is 2.35 bits per heavy atom. The van der Waals surface area contributed by atoms with Gasteiger partial charge >= 0.3 is 5.97 Å². The molecule has 20 heavy (non-hydrogen) atoms. The first kappa shape index (κ1) is 14.5. The SMILES string of the molecule is COc1ccc(CN2CC(C(=O)O)C2)c(OC)c1OC. The van der Waals surface area contributed by atoms with Crippen molar-refractivity contribution in [1.29, 1.82) is 0 Å². The van der Waals surface area contributed by atoms with Gasteiger partial charge in [-0.2, -0.15) is 0 Å². The van der Waals surface area contributed by atoms with Gasteiger partial charge in [-0.1, -0.05) is 6.07 Å². The molecule has 0 atom stereocenters. The number of nitrogens with zero attached hydrogens (tertiary/aromatic N) is 1. The lowest BCUT2D eigenvalue weighted by molar-refractivity contribution is -0.147. The van der Waals surface area contributed by atoms with Crippen LogP contribution >= 0.6 is 0 Å². The summed E-state index contributed by atoms with van der Waals surface area (Å²) in [7, 11) is 4.72. The van der Waals surface area contributed by atoms with Crippen molar-refractivity contribution in [2.45, 2.75) is 6.54 Å². The Labute approximate surface area is 117 Å². The lowest BCUT2D eigenvalue weighted by Gasteiger charge is -2.36. The van der Waals surface area contributed by atoms with Crippen LogP contribution in [-0.4, -0.2) is 50.4 Å². The van der Waals surface area contributed by atoms with Crippen LogP contribution in [0.25, 0.3) is 0 Å². The van der Waals surface area contributed by atoms with E-state index >= 15 is 0 Å². The number of hydrogen-bond donors (Lipinski definition) is 1. The molecule has 0 amide bonds. The first-order chi connectivity index (χ1) is 9.60. The minimum absolute atomic E-state index is 0.263.